The largest absolute Gasteiger partial charge is 0.497 e. The Bertz CT molecular complexity index is 633. The molecule has 148 valence electrons. The third-order valence-corrected chi connectivity index (χ3v) is 5.58. The Hall–Kier alpha value is -2.08. The summed E-state index contributed by atoms with van der Waals surface area (Å²) in [4.78, 5) is 29.3. The van der Waals surface area contributed by atoms with Crippen LogP contribution < -0.4 is 10.1 Å². The van der Waals surface area contributed by atoms with Crippen molar-refractivity contribution >= 4 is 17.5 Å². The van der Waals surface area contributed by atoms with Crippen molar-refractivity contribution in [2.75, 3.05) is 45.2 Å². The zero-order chi connectivity index (χ0) is 19.1. The summed E-state index contributed by atoms with van der Waals surface area (Å²) in [5, 5.41) is 2.92. The van der Waals surface area contributed by atoms with Crippen molar-refractivity contribution in [3.05, 3.63) is 24.3 Å². The molecule has 0 aliphatic carbocycles. The molecule has 1 aromatic rings. The normalized spacial score (nSPS) is 19.4. The monoisotopic (exact) mass is 373 g/mol. The topological polar surface area (TPSA) is 61.9 Å². The van der Waals surface area contributed by atoms with Gasteiger partial charge in [0.15, 0.2) is 0 Å². The van der Waals surface area contributed by atoms with E-state index in [1.807, 2.05) is 24.3 Å². The molecule has 1 aromatic carbocycles. The van der Waals surface area contributed by atoms with Gasteiger partial charge in [0.25, 0.3) is 0 Å². The van der Waals surface area contributed by atoms with Gasteiger partial charge in [-0.25, -0.2) is 0 Å². The molecule has 3 rings (SSSR count). The van der Waals surface area contributed by atoms with Crippen molar-refractivity contribution < 1.29 is 14.3 Å². The molecule has 2 amide bonds. The second kappa shape index (κ2) is 9.74. The van der Waals surface area contributed by atoms with Crippen LogP contribution in [0.3, 0.4) is 0 Å². The van der Waals surface area contributed by atoms with Crippen LogP contribution in [0.4, 0.5) is 5.69 Å². The molecule has 0 spiro atoms. The van der Waals surface area contributed by atoms with Gasteiger partial charge >= 0.3 is 0 Å². The number of hydrogen-bond acceptors (Lipinski definition) is 4. The molecular formula is C21H31N3O3. The van der Waals surface area contributed by atoms with Crippen molar-refractivity contribution in [2.45, 2.75) is 38.5 Å². The van der Waals surface area contributed by atoms with Gasteiger partial charge < -0.3 is 15.0 Å². The Balaban J connectivity index is 1.43. The first-order valence-electron chi connectivity index (χ1n) is 10.1. The Labute approximate surface area is 161 Å². The van der Waals surface area contributed by atoms with Crippen LogP contribution >= 0.6 is 0 Å². The lowest BCUT2D eigenvalue weighted by Gasteiger charge is -2.33. The van der Waals surface area contributed by atoms with Crippen molar-refractivity contribution in [2.24, 2.45) is 5.92 Å². The molecule has 27 heavy (non-hydrogen) atoms. The van der Waals surface area contributed by atoms with Gasteiger partial charge in [-0.2, -0.15) is 0 Å². The van der Waals surface area contributed by atoms with E-state index in [2.05, 4.69) is 15.1 Å². The smallest absolute Gasteiger partial charge is 0.238 e. The highest BCUT2D eigenvalue weighted by atomic mass is 16.5. The lowest BCUT2D eigenvalue weighted by atomic mass is 9.95. The van der Waals surface area contributed by atoms with E-state index in [4.69, 9.17) is 4.74 Å². The number of benzene rings is 1. The van der Waals surface area contributed by atoms with Gasteiger partial charge in [0.1, 0.15) is 5.75 Å². The van der Waals surface area contributed by atoms with Crippen molar-refractivity contribution in [3.63, 3.8) is 0 Å². The van der Waals surface area contributed by atoms with Crippen LogP contribution in [0, 0.1) is 5.92 Å². The standard InChI is InChI=1S/C21H31N3O3/c1-27-19-8-6-7-18(15-19)22-20(25)16-23-13-9-17(10-14-23)21(26)24-11-4-2-3-5-12-24/h6-8,15,17H,2-5,9-14,16H2,1H3,(H,22,25). The summed E-state index contributed by atoms with van der Waals surface area (Å²) in [5.41, 5.74) is 0.741. The van der Waals surface area contributed by atoms with Crippen LogP contribution in [0.25, 0.3) is 0 Å². The zero-order valence-electron chi connectivity index (χ0n) is 16.3. The van der Waals surface area contributed by atoms with Crippen LogP contribution in [-0.2, 0) is 9.59 Å². The van der Waals surface area contributed by atoms with Gasteiger partial charge in [-0.3, -0.25) is 14.5 Å². The number of likely N-dealkylation sites (tertiary alicyclic amines) is 2. The Kier molecular flexibility index (Phi) is 7.10. The van der Waals surface area contributed by atoms with Crippen LogP contribution in [0.1, 0.15) is 38.5 Å². The highest BCUT2D eigenvalue weighted by Gasteiger charge is 2.29. The molecule has 0 atom stereocenters. The van der Waals surface area contributed by atoms with Crippen molar-refractivity contribution in [1.29, 1.82) is 0 Å². The van der Waals surface area contributed by atoms with E-state index in [-0.39, 0.29) is 11.8 Å². The number of ether oxygens (including phenoxy) is 1. The summed E-state index contributed by atoms with van der Waals surface area (Å²) >= 11 is 0. The lowest BCUT2D eigenvalue weighted by molar-refractivity contribution is -0.137. The van der Waals surface area contributed by atoms with Crippen molar-refractivity contribution in [3.8, 4) is 5.75 Å². The Morgan fingerprint density at radius 2 is 1.78 bits per heavy atom. The van der Waals surface area contributed by atoms with Gasteiger partial charge in [0.2, 0.25) is 11.8 Å². The molecule has 2 saturated heterocycles. The second-order valence-corrected chi connectivity index (χ2v) is 7.57. The molecule has 2 fully saturated rings. The summed E-state index contributed by atoms with van der Waals surface area (Å²) < 4.78 is 5.18. The summed E-state index contributed by atoms with van der Waals surface area (Å²) in [5.74, 6) is 1.15. The molecule has 2 heterocycles. The number of carbonyl (C=O) groups excluding carboxylic acids is 2. The van der Waals surface area contributed by atoms with Gasteiger partial charge in [-0.05, 0) is 50.9 Å². The molecular weight excluding hydrogens is 342 g/mol. The first-order chi connectivity index (χ1) is 13.2. The summed E-state index contributed by atoms with van der Waals surface area (Å²) in [6, 6.07) is 7.37. The molecule has 0 radical (unpaired) electrons. The van der Waals surface area contributed by atoms with E-state index in [9.17, 15) is 9.59 Å². The number of methoxy groups -OCH3 is 1. The van der Waals surface area contributed by atoms with E-state index in [1.165, 1.54) is 12.8 Å². The number of rotatable bonds is 5. The molecule has 2 aliphatic heterocycles. The zero-order valence-corrected chi connectivity index (χ0v) is 16.3. The quantitative estimate of drug-likeness (QED) is 0.862. The maximum Gasteiger partial charge on any atom is 0.238 e. The molecule has 6 heteroatoms. The minimum Gasteiger partial charge on any atom is -0.497 e. The number of carbonyl (C=O) groups is 2. The molecule has 1 N–H and O–H groups in total. The average Bonchev–Trinajstić information content (AvgIpc) is 2.97. The van der Waals surface area contributed by atoms with Gasteiger partial charge in [-0.15, -0.1) is 0 Å². The van der Waals surface area contributed by atoms with Crippen LogP contribution in [0.15, 0.2) is 24.3 Å². The van der Waals surface area contributed by atoms with Gasteiger partial charge in [0.05, 0.1) is 13.7 Å². The van der Waals surface area contributed by atoms with Crippen LogP contribution in [0.2, 0.25) is 0 Å². The fourth-order valence-electron chi connectivity index (χ4n) is 3.99. The Morgan fingerprint density at radius 1 is 1.07 bits per heavy atom. The first-order valence-corrected chi connectivity index (χ1v) is 10.1. The van der Waals surface area contributed by atoms with E-state index >= 15 is 0 Å². The van der Waals surface area contributed by atoms with Gasteiger partial charge in [-0.1, -0.05) is 18.9 Å². The molecule has 0 saturated carbocycles. The molecule has 0 unspecified atom stereocenters. The summed E-state index contributed by atoms with van der Waals surface area (Å²) in [6.45, 7) is 3.80. The number of amides is 2. The number of anilines is 1. The fraction of sp³-hybridized carbons (Fsp3) is 0.619. The summed E-state index contributed by atoms with van der Waals surface area (Å²) in [6.07, 6.45) is 6.45. The first kappa shape index (κ1) is 19.7. The van der Waals surface area contributed by atoms with E-state index in [0.29, 0.717) is 12.5 Å². The third kappa shape index (κ3) is 5.70. The Morgan fingerprint density at radius 3 is 2.44 bits per heavy atom. The number of nitrogens with zero attached hydrogens (tertiary/aromatic N) is 2. The van der Waals surface area contributed by atoms with E-state index in [1.54, 1.807) is 7.11 Å². The maximum atomic E-state index is 12.8. The maximum absolute atomic E-state index is 12.8. The van der Waals surface area contributed by atoms with Crippen LogP contribution in [-0.4, -0.2) is 61.4 Å². The SMILES string of the molecule is COc1cccc(NC(=O)CN2CCC(C(=O)N3CCCCCC3)CC2)c1. The molecule has 2 aliphatic rings. The average molecular weight is 373 g/mol. The predicted octanol–water partition coefficient (Wildman–Crippen LogP) is 2.75. The minimum absolute atomic E-state index is 0.0273. The highest BCUT2D eigenvalue weighted by Crippen LogP contribution is 2.22. The molecule has 6 nitrogen and oxygen atoms in total. The van der Waals surface area contributed by atoms with Crippen molar-refractivity contribution in [1.82, 2.24) is 9.80 Å². The predicted molar refractivity (Wildman–Crippen MR) is 106 cm³/mol. The third-order valence-electron chi connectivity index (χ3n) is 5.58. The number of piperidine rings is 1. The lowest BCUT2D eigenvalue weighted by Crippen LogP contribution is -2.44. The number of nitrogens with one attached hydrogen (secondary N) is 1. The van der Waals surface area contributed by atoms with E-state index in [0.717, 1.165) is 63.3 Å². The molecule has 0 bridgehead atoms. The fourth-order valence-corrected chi connectivity index (χ4v) is 3.99. The van der Waals surface area contributed by atoms with Crippen LogP contribution in [0.5, 0.6) is 5.75 Å². The number of hydrogen-bond donors (Lipinski definition) is 1. The minimum atomic E-state index is -0.0273. The van der Waals surface area contributed by atoms with Gasteiger partial charge in [0, 0.05) is 30.8 Å². The summed E-state index contributed by atoms with van der Waals surface area (Å²) in [7, 11) is 1.61. The van der Waals surface area contributed by atoms with E-state index < -0.39 is 0 Å². The second-order valence-electron chi connectivity index (χ2n) is 7.57. The highest BCUT2D eigenvalue weighted by molar-refractivity contribution is 5.92. The molecule has 0 aromatic heterocycles.